The van der Waals surface area contributed by atoms with E-state index in [0.29, 0.717) is 12.0 Å². The first-order chi connectivity index (χ1) is 8.29. The minimum atomic E-state index is 0.207. The molecule has 1 aromatic carbocycles. The van der Waals surface area contributed by atoms with E-state index in [1.54, 1.807) is 0 Å². The SMILES string of the molecule is OCC1c2ccc(Cl)cc2NC2CCNCC21. The van der Waals surface area contributed by atoms with Gasteiger partial charge in [-0.25, -0.2) is 0 Å². The molecule has 2 heterocycles. The van der Waals surface area contributed by atoms with Crippen LogP contribution in [-0.4, -0.2) is 30.8 Å². The lowest BCUT2D eigenvalue weighted by molar-refractivity contribution is 0.189. The highest BCUT2D eigenvalue weighted by molar-refractivity contribution is 6.30. The summed E-state index contributed by atoms with van der Waals surface area (Å²) in [6, 6.07) is 6.37. The van der Waals surface area contributed by atoms with Crippen LogP contribution in [0.15, 0.2) is 18.2 Å². The van der Waals surface area contributed by atoms with Gasteiger partial charge in [0.1, 0.15) is 0 Å². The molecule has 2 aliphatic rings. The Balaban J connectivity index is 2.01. The van der Waals surface area contributed by atoms with E-state index in [0.717, 1.165) is 30.2 Å². The third-order valence-corrected chi connectivity index (χ3v) is 4.23. The van der Waals surface area contributed by atoms with Gasteiger partial charge >= 0.3 is 0 Å². The summed E-state index contributed by atoms with van der Waals surface area (Å²) < 4.78 is 0. The zero-order valence-corrected chi connectivity index (χ0v) is 10.4. The fraction of sp³-hybridized carbons (Fsp3) is 0.538. The number of rotatable bonds is 1. The van der Waals surface area contributed by atoms with Crippen molar-refractivity contribution in [2.75, 3.05) is 25.0 Å². The Morgan fingerprint density at radius 2 is 2.29 bits per heavy atom. The average Bonchev–Trinajstić information content (AvgIpc) is 2.35. The normalized spacial score (nSPS) is 31.3. The molecule has 3 N–H and O–H groups in total. The second-order valence-electron chi connectivity index (χ2n) is 4.93. The smallest absolute Gasteiger partial charge is 0.0504 e. The molecule has 2 aliphatic heterocycles. The Morgan fingerprint density at radius 3 is 3.12 bits per heavy atom. The molecule has 0 bridgehead atoms. The van der Waals surface area contributed by atoms with E-state index in [9.17, 15) is 5.11 Å². The lowest BCUT2D eigenvalue weighted by Gasteiger charge is -2.43. The van der Waals surface area contributed by atoms with Crippen LogP contribution < -0.4 is 10.6 Å². The highest BCUT2D eigenvalue weighted by atomic mass is 35.5. The van der Waals surface area contributed by atoms with Gasteiger partial charge in [-0.3, -0.25) is 0 Å². The zero-order valence-electron chi connectivity index (χ0n) is 9.62. The van der Waals surface area contributed by atoms with E-state index in [1.165, 1.54) is 5.56 Å². The molecular formula is C13H17ClN2O. The molecule has 3 atom stereocenters. The van der Waals surface area contributed by atoms with E-state index in [-0.39, 0.29) is 12.5 Å². The van der Waals surface area contributed by atoms with E-state index in [2.05, 4.69) is 10.6 Å². The summed E-state index contributed by atoms with van der Waals surface area (Å²) in [4.78, 5) is 0. The Kier molecular flexibility index (Phi) is 2.99. The number of hydrogen-bond acceptors (Lipinski definition) is 3. The lowest BCUT2D eigenvalue weighted by Crippen LogP contribution is -2.49. The third-order valence-electron chi connectivity index (χ3n) is 4.00. The van der Waals surface area contributed by atoms with Gasteiger partial charge in [0, 0.05) is 35.1 Å². The van der Waals surface area contributed by atoms with Crippen LogP contribution in [0.5, 0.6) is 0 Å². The number of fused-ring (bicyclic) bond motifs is 2. The summed E-state index contributed by atoms with van der Waals surface area (Å²) >= 11 is 6.03. The van der Waals surface area contributed by atoms with Gasteiger partial charge in [-0.05, 0) is 30.7 Å². The van der Waals surface area contributed by atoms with Crippen LogP contribution in [0.4, 0.5) is 5.69 Å². The van der Waals surface area contributed by atoms with Crippen molar-refractivity contribution in [3.63, 3.8) is 0 Å². The van der Waals surface area contributed by atoms with Crippen molar-refractivity contribution in [3.05, 3.63) is 28.8 Å². The maximum absolute atomic E-state index is 9.66. The van der Waals surface area contributed by atoms with Crippen LogP contribution in [0.1, 0.15) is 17.9 Å². The Bertz CT molecular complexity index is 424. The summed E-state index contributed by atoms with van der Waals surface area (Å²) in [5, 5.41) is 17.4. The second kappa shape index (κ2) is 4.48. The van der Waals surface area contributed by atoms with Crippen LogP contribution in [0.25, 0.3) is 0 Å². The summed E-state index contributed by atoms with van der Waals surface area (Å²) in [5.41, 5.74) is 2.29. The van der Waals surface area contributed by atoms with E-state index >= 15 is 0 Å². The molecule has 1 fully saturated rings. The third kappa shape index (κ3) is 1.92. The second-order valence-corrected chi connectivity index (χ2v) is 5.36. The van der Waals surface area contributed by atoms with Crippen LogP contribution >= 0.6 is 11.6 Å². The number of anilines is 1. The molecule has 17 heavy (non-hydrogen) atoms. The Morgan fingerprint density at radius 1 is 1.41 bits per heavy atom. The minimum Gasteiger partial charge on any atom is -0.396 e. The monoisotopic (exact) mass is 252 g/mol. The number of hydrogen-bond donors (Lipinski definition) is 3. The molecule has 0 spiro atoms. The van der Waals surface area contributed by atoms with Crippen LogP contribution in [-0.2, 0) is 0 Å². The predicted molar refractivity (Wildman–Crippen MR) is 69.7 cm³/mol. The summed E-state index contributed by atoms with van der Waals surface area (Å²) in [7, 11) is 0. The molecule has 0 aromatic heterocycles. The minimum absolute atomic E-state index is 0.207. The summed E-state index contributed by atoms with van der Waals surface area (Å²) in [6.07, 6.45) is 1.10. The molecule has 4 heteroatoms. The first kappa shape index (κ1) is 11.3. The van der Waals surface area contributed by atoms with Crippen LogP contribution in [0, 0.1) is 5.92 Å². The van der Waals surface area contributed by atoms with Gasteiger partial charge in [0.2, 0.25) is 0 Å². The Labute approximate surface area is 106 Å². The van der Waals surface area contributed by atoms with Crippen molar-refractivity contribution in [2.45, 2.75) is 18.4 Å². The van der Waals surface area contributed by atoms with Crippen LogP contribution in [0.2, 0.25) is 5.02 Å². The standard InChI is InChI=1S/C13H17ClN2O/c14-8-1-2-9-11(7-17)10-6-15-4-3-12(10)16-13(9)5-8/h1-2,5,10-12,15-17H,3-4,6-7H2. The molecule has 0 saturated carbocycles. The predicted octanol–water partition coefficient (Wildman–Crippen LogP) is 1.82. The Hall–Kier alpha value is -0.770. The number of piperidine rings is 1. The molecule has 3 rings (SSSR count). The fourth-order valence-corrected chi connectivity index (χ4v) is 3.30. The molecular weight excluding hydrogens is 236 g/mol. The first-order valence-corrected chi connectivity index (χ1v) is 6.55. The first-order valence-electron chi connectivity index (χ1n) is 6.17. The van der Waals surface area contributed by atoms with Gasteiger partial charge in [0.05, 0.1) is 6.61 Å². The molecule has 1 aromatic rings. The average molecular weight is 253 g/mol. The van der Waals surface area contributed by atoms with Gasteiger partial charge in [-0.2, -0.15) is 0 Å². The topological polar surface area (TPSA) is 44.3 Å². The molecule has 0 aliphatic carbocycles. The van der Waals surface area contributed by atoms with Gasteiger partial charge < -0.3 is 15.7 Å². The molecule has 92 valence electrons. The van der Waals surface area contributed by atoms with E-state index < -0.39 is 0 Å². The van der Waals surface area contributed by atoms with Crippen molar-refractivity contribution in [1.82, 2.24) is 5.32 Å². The van der Waals surface area contributed by atoms with Gasteiger partial charge in [-0.15, -0.1) is 0 Å². The maximum Gasteiger partial charge on any atom is 0.0504 e. The molecule has 3 unspecified atom stereocenters. The number of aliphatic hydroxyl groups is 1. The van der Waals surface area contributed by atoms with Crippen molar-refractivity contribution in [2.24, 2.45) is 5.92 Å². The van der Waals surface area contributed by atoms with Gasteiger partial charge in [0.25, 0.3) is 0 Å². The van der Waals surface area contributed by atoms with Gasteiger partial charge in [-0.1, -0.05) is 17.7 Å². The molecule has 1 saturated heterocycles. The van der Waals surface area contributed by atoms with Crippen molar-refractivity contribution >= 4 is 17.3 Å². The molecule has 0 amide bonds. The molecule has 0 radical (unpaired) electrons. The van der Waals surface area contributed by atoms with Crippen molar-refractivity contribution in [3.8, 4) is 0 Å². The quantitative estimate of drug-likeness (QED) is 0.715. The maximum atomic E-state index is 9.66. The summed E-state index contributed by atoms with van der Waals surface area (Å²) in [5.74, 6) is 0.698. The highest BCUT2D eigenvalue weighted by Crippen LogP contribution is 2.40. The molecule has 3 nitrogen and oxygen atoms in total. The zero-order chi connectivity index (χ0) is 11.8. The fourth-order valence-electron chi connectivity index (χ4n) is 3.13. The highest BCUT2D eigenvalue weighted by Gasteiger charge is 2.37. The van der Waals surface area contributed by atoms with E-state index in [1.807, 2.05) is 18.2 Å². The number of benzene rings is 1. The summed E-state index contributed by atoms with van der Waals surface area (Å²) in [6.45, 7) is 2.23. The van der Waals surface area contributed by atoms with Crippen molar-refractivity contribution in [1.29, 1.82) is 0 Å². The number of aliphatic hydroxyl groups excluding tert-OH is 1. The van der Waals surface area contributed by atoms with Gasteiger partial charge in [0.15, 0.2) is 0 Å². The van der Waals surface area contributed by atoms with Crippen molar-refractivity contribution < 1.29 is 5.11 Å². The lowest BCUT2D eigenvalue weighted by atomic mass is 9.75. The van der Waals surface area contributed by atoms with Crippen LogP contribution in [0.3, 0.4) is 0 Å². The number of halogens is 1. The number of nitrogens with one attached hydrogen (secondary N) is 2. The van der Waals surface area contributed by atoms with E-state index in [4.69, 9.17) is 11.6 Å². The largest absolute Gasteiger partial charge is 0.396 e.